The highest BCUT2D eigenvalue weighted by Gasteiger charge is 2.27. The zero-order chi connectivity index (χ0) is 16.5. The van der Waals surface area contributed by atoms with Gasteiger partial charge in [-0.1, -0.05) is 38.5 Å². The van der Waals surface area contributed by atoms with Crippen molar-refractivity contribution in [2.75, 3.05) is 6.54 Å². The molecule has 0 bridgehead atoms. The minimum Gasteiger partial charge on any atom is -0.424 e. The number of para-hydroxylation sites is 1. The van der Waals surface area contributed by atoms with E-state index in [1.165, 1.54) is 29.4 Å². The number of likely N-dealkylation sites (tertiary alicyclic amines) is 1. The number of hydrogen-bond donors (Lipinski definition) is 1. The van der Waals surface area contributed by atoms with E-state index in [0.717, 1.165) is 31.3 Å². The second-order valence-corrected chi connectivity index (χ2v) is 6.98. The van der Waals surface area contributed by atoms with Gasteiger partial charge in [0.1, 0.15) is 0 Å². The average Bonchev–Trinajstić information content (AvgIpc) is 3.22. The number of H-pyrrole nitrogens is 1. The smallest absolute Gasteiger partial charge is 0.230 e. The molecule has 4 rings (SSSR count). The monoisotopic (exact) mass is 324 g/mol. The van der Waals surface area contributed by atoms with Crippen LogP contribution in [0.2, 0.25) is 0 Å². The van der Waals surface area contributed by atoms with Crippen molar-refractivity contribution in [3.8, 4) is 0 Å². The molecule has 5 heteroatoms. The van der Waals surface area contributed by atoms with E-state index in [0.29, 0.717) is 6.04 Å². The van der Waals surface area contributed by atoms with Crippen LogP contribution in [0.15, 0.2) is 34.7 Å². The Labute approximate surface area is 142 Å². The molecule has 5 nitrogen and oxygen atoms in total. The van der Waals surface area contributed by atoms with E-state index in [2.05, 4.69) is 64.3 Å². The fourth-order valence-corrected chi connectivity index (χ4v) is 3.55. The largest absolute Gasteiger partial charge is 0.424 e. The van der Waals surface area contributed by atoms with Gasteiger partial charge in [0.15, 0.2) is 0 Å². The Morgan fingerprint density at radius 1 is 1.25 bits per heavy atom. The molecule has 0 unspecified atom stereocenters. The van der Waals surface area contributed by atoms with Gasteiger partial charge in [-0.2, -0.15) is 0 Å². The van der Waals surface area contributed by atoms with E-state index in [1.807, 2.05) is 0 Å². The van der Waals surface area contributed by atoms with Gasteiger partial charge in [-0.25, -0.2) is 0 Å². The Bertz CT molecular complexity index is 787. The molecular formula is C19H24N4O. The van der Waals surface area contributed by atoms with E-state index >= 15 is 0 Å². The first-order valence-electron chi connectivity index (χ1n) is 8.84. The Morgan fingerprint density at radius 2 is 2.12 bits per heavy atom. The molecular weight excluding hydrogens is 300 g/mol. The van der Waals surface area contributed by atoms with Gasteiger partial charge in [-0.15, -0.1) is 10.2 Å². The SMILES string of the molecule is CC(C)c1nnc(CN2CCCC[C@@H]2c2cc3ccccc3[nH]2)o1. The molecule has 1 N–H and O–H groups in total. The molecule has 3 heterocycles. The fraction of sp³-hybridized carbons (Fsp3) is 0.474. The summed E-state index contributed by atoms with van der Waals surface area (Å²) in [4.78, 5) is 6.06. The number of rotatable bonds is 4. The molecule has 1 aliphatic heterocycles. The van der Waals surface area contributed by atoms with Crippen molar-refractivity contribution in [1.82, 2.24) is 20.1 Å². The molecule has 1 atom stereocenters. The Hall–Kier alpha value is -2.14. The third-order valence-corrected chi connectivity index (χ3v) is 4.84. The molecule has 0 radical (unpaired) electrons. The van der Waals surface area contributed by atoms with E-state index in [4.69, 9.17) is 4.42 Å². The summed E-state index contributed by atoms with van der Waals surface area (Å²) in [6, 6.07) is 11.1. The van der Waals surface area contributed by atoms with Crippen molar-refractivity contribution in [1.29, 1.82) is 0 Å². The predicted molar refractivity (Wildman–Crippen MR) is 93.7 cm³/mol. The lowest BCUT2D eigenvalue weighted by Gasteiger charge is -2.34. The van der Waals surface area contributed by atoms with Gasteiger partial charge >= 0.3 is 0 Å². The fourth-order valence-electron chi connectivity index (χ4n) is 3.55. The summed E-state index contributed by atoms with van der Waals surface area (Å²) in [6.07, 6.45) is 3.65. The number of fused-ring (bicyclic) bond motifs is 1. The van der Waals surface area contributed by atoms with Gasteiger partial charge in [0.05, 0.1) is 12.6 Å². The number of hydrogen-bond acceptors (Lipinski definition) is 4. The highest BCUT2D eigenvalue weighted by Crippen LogP contribution is 2.33. The molecule has 2 aromatic heterocycles. The zero-order valence-electron chi connectivity index (χ0n) is 14.3. The van der Waals surface area contributed by atoms with Crippen LogP contribution in [0.5, 0.6) is 0 Å². The van der Waals surface area contributed by atoms with Gasteiger partial charge in [0.25, 0.3) is 0 Å². The lowest BCUT2D eigenvalue weighted by atomic mass is 9.99. The molecule has 1 saturated heterocycles. The molecule has 0 aliphatic carbocycles. The molecule has 126 valence electrons. The Balaban J connectivity index is 1.58. The van der Waals surface area contributed by atoms with Crippen LogP contribution in [0.3, 0.4) is 0 Å². The van der Waals surface area contributed by atoms with Crippen LogP contribution in [-0.4, -0.2) is 26.6 Å². The minimum absolute atomic E-state index is 0.275. The van der Waals surface area contributed by atoms with Gasteiger partial charge in [0, 0.05) is 17.1 Å². The van der Waals surface area contributed by atoms with Gasteiger partial charge in [-0.05, 0) is 36.9 Å². The maximum atomic E-state index is 5.82. The summed E-state index contributed by atoms with van der Waals surface area (Å²) in [7, 11) is 0. The number of nitrogens with one attached hydrogen (secondary N) is 1. The quantitative estimate of drug-likeness (QED) is 0.772. The second kappa shape index (κ2) is 6.40. The topological polar surface area (TPSA) is 58.0 Å². The summed E-state index contributed by atoms with van der Waals surface area (Å²) in [5, 5.41) is 9.67. The summed E-state index contributed by atoms with van der Waals surface area (Å²) in [5.41, 5.74) is 2.50. The molecule has 0 spiro atoms. The first kappa shape index (κ1) is 15.4. The van der Waals surface area contributed by atoms with Gasteiger partial charge in [0.2, 0.25) is 11.8 Å². The maximum Gasteiger partial charge on any atom is 0.230 e. The van der Waals surface area contributed by atoms with Crippen LogP contribution in [0.4, 0.5) is 0 Å². The third-order valence-electron chi connectivity index (χ3n) is 4.84. The average molecular weight is 324 g/mol. The van der Waals surface area contributed by atoms with Crippen molar-refractivity contribution >= 4 is 10.9 Å². The standard InChI is InChI=1S/C19H24N4O/c1-13(2)19-22-21-18(24-19)12-23-10-6-5-9-17(23)16-11-14-7-3-4-8-15(14)20-16/h3-4,7-8,11,13,17,20H,5-6,9-10,12H2,1-2H3/t17-/m1/s1. The van der Waals surface area contributed by atoms with E-state index < -0.39 is 0 Å². The van der Waals surface area contributed by atoms with E-state index in [1.54, 1.807) is 0 Å². The summed E-state index contributed by atoms with van der Waals surface area (Å²) >= 11 is 0. The van der Waals surface area contributed by atoms with Gasteiger partial charge < -0.3 is 9.40 Å². The van der Waals surface area contributed by atoms with E-state index in [9.17, 15) is 0 Å². The molecule has 0 saturated carbocycles. The highest BCUT2D eigenvalue weighted by atomic mass is 16.4. The molecule has 1 fully saturated rings. The number of aromatic nitrogens is 3. The predicted octanol–water partition coefficient (Wildman–Crippen LogP) is 4.40. The van der Waals surface area contributed by atoms with E-state index in [-0.39, 0.29) is 5.92 Å². The highest BCUT2D eigenvalue weighted by molar-refractivity contribution is 5.80. The number of nitrogens with zero attached hydrogens (tertiary/aromatic N) is 3. The molecule has 0 amide bonds. The minimum atomic E-state index is 0.275. The van der Waals surface area contributed by atoms with Crippen molar-refractivity contribution in [3.63, 3.8) is 0 Å². The normalized spacial score (nSPS) is 19.4. The van der Waals surface area contributed by atoms with Crippen LogP contribution in [-0.2, 0) is 6.54 Å². The second-order valence-electron chi connectivity index (χ2n) is 6.98. The Morgan fingerprint density at radius 3 is 2.92 bits per heavy atom. The molecule has 1 aliphatic rings. The number of piperidine rings is 1. The van der Waals surface area contributed by atoms with Crippen LogP contribution in [0.1, 0.15) is 62.5 Å². The summed E-state index contributed by atoms with van der Waals surface area (Å²) < 4.78 is 5.82. The number of benzene rings is 1. The van der Waals surface area contributed by atoms with Crippen LogP contribution >= 0.6 is 0 Å². The van der Waals surface area contributed by atoms with Gasteiger partial charge in [-0.3, -0.25) is 4.90 Å². The van der Waals surface area contributed by atoms with Crippen molar-refractivity contribution in [2.45, 2.75) is 51.6 Å². The van der Waals surface area contributed by atoms with Crippen LogP contribution in [0, 0.1) is 0 Å². The maximum absolute atomic E-state index is 5.82. The van der Waals surface area contributed by atoms with Crippen LogP contribution in [0.25, 0.3) is 10.9 Å². The number of aromatic amines is 1. The third kappa shape index (κ3) is 2.96. The lowest BCUT2D eigenvalue weighted by molar-refractivity contribution is 0.124. The van der Waals surface area contributed by atoms with Crippen molar-refractivity contribution < 1.29 is 4.42 Å². The lowest BCUT2D eigenvalue weighted by Crippen LogP contribution is -2.33. The first-order valence-corrected chi connectivity index (χ1v) is 8.84. The Kier molecular flexibility index (Phi) is 4.10. The zero-order valence-corrected chi connectivity index (χ0v) is 14.3. The van der Waals surface area contributed by atoms with Crippen molar-refractivity contribution in [2.24, 2.45) is 0 Å². The van der Waals surface area contributed by atoms with Crippen LogP contribution < -0.4 is 0 Å². The molecule has 1 aromatic carbocycles. The van der Waals surface area contributed by atoms with Crippen molar-refractivity contribution in [3.05, 3.63) is 47.8 Å². The first-order chi connectivity index (χ1) is 11.7. The molecule has 3 aromatic rings. The molecule has 24 heavy (non-hydrogen) atoms. The summed E-state index contributed by atoms with van der Waals surface area (Å²) in [6.45, 7) is 5.94. The summed E-state index contributed by atoms with van der Waals surface area (Å²) in [5.74, 6) is 1.72.